The number of benzene rings is 1. The Labute approximate surface area is 96.5 Å². The molecule has 0 fully saturated rings. The van der Waals surface area contributed by atoms with E-state index in [2.05, 4.69) is 20.8 Å². The van der Waals surface area contributed by atoms with Gasteiger partial charge in [0.15, 0.2) is 11.5 Å². The lowest BCUT2D eigenvalue weighted by atomic mass is 9.84. The SMILES string of the molecule is CC(C)(C)C(N)C1COc2ccccc2O1. The Balaban J connectivity index is 2.14. The third-order valence-electron chi connectivity index (χ3n) is 2.93. The molecule has 0 aromatic heterocycles. The van der Waals surface area contributed by atoms with Crippen LogP contribution in [-0.2, 0) is 0 Å². The molecule has 16 heavy (non-hydrogen) atoms. The molecule has 0 amide bonds. The van der Waals surface area contributed by atoms with Crippen molar-refractivity contribution < 1.29 is 9.47 Å². The highest BCUT2D eigenvalue weighted by atomic mass is 16.6. The Bertz CT molecular complexity index is 370. The van der Waals surface area contributed by atoms with Crippen molar-refractivity contribution in [2.45, 2.75) is 32.9 Å². The van der Waals surface area contributed by atoms with Crippen molar-refractivity contribution >= 4 is 0 Å². The minimum Gasteiger partial charge on any atom is -0.486 e. The van der Waals surface area contributed by atoms with E-state index in [0.29, 0.717) is 6.61 Å². The Hall–Kier alpha value is -1.22. The van der Waals surface area contributed by atoms with Crippen LogP contribution in [-0.4, -0.2) is 18.8 Å². The van der Waals surface area contributed by atoms with E-state index in [1.807, 2.05) is 24.3 Å². The van der Waals surface area contributed by atoms with Gasteiger partial charge in [-0.05, 0) is 17.5 Å². The molecule has 0 saturated carbocycles. The fourth-order valence-corrected chi connectivity index (χ4v) is 1.77. The standard InChI is InChI=1S/C13H19NO2/c1-13(2,3)12(14)11-8-15-9-6-4-5-7-10(9)16-11/h4-7,11-12H,8,14H2,1-3H3. The van der Waals surface area contributed by atoms with Gasteiger partial charge in [0.2, 0.25) is 0 Å². The van der Waals surface area contributed by atoms with Crippen molar-refractivity contribution in [2.24, 2.45) is 11.1 Å². The van der Waals surface area contributed by atoms with Crippen molar-refractivity contribution in [3.63, 3.8) is 0 Å². The average molecular weight is 221 g/mol. The van der Waals surface area contributed by atoms with Gasteiger partial charge in [0, 0.05) is 6.04 Å². The van der Waals surface area contributed by atoms with E-state index in [4.69, 9.17) is 15.2 Å². The van der Waals surface area contributed by atoms with E-state index in [-0.39, 0.29) is 17.6 Å². The summed E-state index contributed by atoms with van der Waals surface area (Å²) in [6.07, 6.45) is -0.0742. The summed E-state index contributed by atoms with van der Waals surface area (Å²) in [6.45, 7) is 6.86. The van der Waals surface area contributed by atoms with Gasteiger partial charge in [-0.3, -0.25) is 0 Å². The maximum absolute atomic E-state index is 6.18. The highest BCUT2D eigenvalue weighted by Gasteiger charge is 2.33. The lowest BCUT2D eigenvalue weighted by Crippen LogP contribution is -2.51. The molecule has 2 atom stereocenters. The molecule has 0 radical (unpaired) electrons. The molecule has 1 aliphatic rings. The first-order chi connectivity index (χ1) is 7.48. The quantitative estimate of drug-likeness (QED) is 0.790. The molecule has 1 aromatic rings. The Kier molecular flexibility index (Phi) is 2.80. The van der Waals surface area contributed by atoms with Crippen molar-refractivity contribution in [1.82, 2.24) is 0 Å². The van der Waals surface area contributed by atoms with Gasteiger partial charge in [0.25, 0.3) is 0 Å². The van der Waals surface area contributed by atoms with Crippen LogP contribution in [0.25, 0.3) is 0 Å². The van der Waals surface area contributed by atoms with Crippen molar-refractivity contribution in [3.05, 3.63) is 24.3 Å². The topological polar surface area (TPSA) is 44.5 Å². The summed E-state index contributed by atoms with van der Waals surface area (Å²) >= 11 is 0. The van der Waals surface area contributed by atoms with Gasteiger partial charge in [-0.15, -0.1) is 0 Å². The van der Waals surface area contributed by atoms with Crippen LogP contribution in [0, 0.1) is 5.41 Å². The molecule has 2 N–H and O–H groups in total. The first kappa shape index (κ1) is 11.3. The molecule has 2 rings (SSSR count). The molecule has 2 unspecified atom stereocenters. The second kappa shape index (κ2) is 3.98. The number of nitrogens with two attached hydrogens (primary N) is 1. The molecular formula is C13H19NO2. The van der Waals surface area contributed by atoms with Crippen LogP contribution in [0.2, 0.25) is 0 Å². The molecule has 0 bridgehead atoms. The van der Waals surface area contributed by atoms with Gasteiger partial charge < -0.3 is 15.2 Å². The Morgan fingerprint density at radius 3 is 2.50 bits per heavy atom. The van der Waals surface area contributed by atoms with Gasteiger partial charge in [-0.2, -0.15) is 0 Å². The van der Waals surface area contributed by atoms with E-state index in [1.165, 1.54) is 0 Å². The van der Waals surface area contributed by atoms with E-state index >= 15 is 0 Å². The average Bonchev–Trinajstić information content (AvgIpc) is 2.26. The van der Waals surface area contributed by atoms with Crippen molar-refractivity contribution in [3.8, 4) is 11.5 Å². The summed E-state index contributed by atoms with van der Waals surface area (Å²) in [5.41, 5.74) is 6.19. The van der Waals surface area contributed by atoms with Crippen molar-refractivity contribution in [2.75, 3.05) is 6.61 Å². The molecular weight excluding hydrogens is 202 g/mol. The normalized spacial score (nSPS) is 21.6. The smallest absolute Gasteiger partial charge is 0.161 e. The van der Waals surface area contributed by atoms with Crippen LogP contribution in [0.1, 0.15) is 20.8 Å². The van der Waals surface area contributed by atoms with Crippen LogP contribution < -0.4 is 15.2 Å². The van der Waals surface area contributed by atoms with E-state index in [9.17, 15) is 0 Å². The first-order valence-corrected chi connectivity index (χ1v) is 5.62. The summed E-state index contributed by atoms with van der Waals surface area (Å²) in [4.78, 5) is 0. The summed E-state index contributed by atoms with van der Waals surface area (Å²) in [5.74, 6) is 1.60. The minimum absolute atomic E-state index is 0.0142. The number of hydrogen-bond acceptors (Lipinski definition) is 3. The van der Waals surface area contributed by atoms with Gasteiger partial charge >= 0.3 is 0 Å². The number of para-hydroxylation sites is 2. The van der Waals surface area contributed by atoms with Crippen LogP contribution >= 0.6 is 0 Å². The maximum Gasteiger partial charge on any atom is 0.161 e. The fraction of sp³-hybridized carbons (Fsp3) is 0.538. The van der Waals surface area contributed by atoms with E-state index in [1.54, 1.807) is 0 Å². The highest BCUT2D eigenvalue weighted by molar-refractivity contribution is 5.40. The number of ether oxygens (including phenoxy) is 2. The molecule has 3 nitrogen and oxygen atoms in total. The second-order valence-corrected chi connectivity index (χ2v) is 5.31. The lowest BCUT2D eigenvalue weighted by Gasteiger charge is -2.36. The maximum atomic E-state index is 6.18. The number of hydrogen-bond donors (Lipinski definition) is 1. The molecule has 88 valence electrons. The second-order valence-electron chi connectivity index (χ2n) is 5.31. The molecule has 0 spiro atoms. The molecule has 1 aromatic carbocycles. The van der Waals surface area contributed by atoms with Crippen molar-refractivity contribution in [1.29, 1.82) is 0 Å². The van der Waals surface area contributed by atoms with Crippen LogP contribution in [0.15, 0.2) is 24.3 Å². The minimum atomic E-state index is -0.0742. The third-order valence-corrected chi connectivity index (χ3v) is 2.93. The zero-order valence-corrected chi connectivity index (χ0v) is 10.1. The molecule has 0 aliphatic carbocycles. The molecule has 3 heteroatoms. The first-order valence-electron chi connectivity index (χ1n) is 5.62. The highest BCUT2D eigenvalue weighted by Crippen LogP contribution is 2.33. The summed E-state index contributed by atoms with van der Waals surface area (Å²) in [6, 6.07) is 7.66. The zero-order chi connectivity index (χ0) is 11.8. The number of rotatable bonds is 1. The van der Waals surface area contributed by atoms with E-state index < -0.39 is 0 Å². The Morgan fingerprint density at radius 2 is 1.88 bits per heavy atom. The Morgan fingerprint density at radius 1 is 1.25 bits per heavy atom. The summed E-state index contributed by atoms with van der Waals surface area (Å²) in [5, 5.41) is 0. The van der Waals surface area contributed by atoms with Crippen LogP contribution in [0.5, 0.6) is 11.5 Å². The number of fused-ring (bicyclic) bond motifs is 1. The molecule has 0 saturated heterocycles. The molecule has 1 heterocycles. The third kappa shape index (κ3) is 2.14. The van der Waals surface area contributed by atoms with Gasteiger partial charge in [-0.1, -0.05) is 32.9 Å². The van der Waals surface area contributed by atoms with Gasteiger partial charge in [0.05, 0.1) is 0 Å². The van der Waals surface area contributed by atoms with Crippen LogP contribution in [0.4, 0.5) is 0 Å². The predicted octanol–water partition coefficient (Wildman–Crippen LogP) is 2.20. The lowest BCUT2D eigenvalue weighted by molar-refractivity contribution is 0.0417. The molecule has 1 aliphatic heterocycles. The summed E-state index contributed by atoms with van der Waals surface area (Å²) < 4.78 is 11.5. The van der Waals surface area contributed by atoms with E-state index in [0.717, 1.165) is 11.5 Å². The largest absolute Gasteiger partial charge is 0.486 e. The predicted molar refractivity (Wildman–Crippen MR) is 63.8 cm³/mol. The monoisotopic (exact) mass is 221 g/mol. The van der Waals surface area contributed by atoms with Gasteiger partial charge in [-0.25, -0.2) is 0 Å². The van der Waals surface area contributed by atoms with Gasteiger partial charge in [0.1, 0.15) is 12.7 Å². The summed E-state index contributed by atoms with van der Waals surface area (Å²) in [7, 11) is 0. The van der Waals surface area contributed by atoms with Crippen LogP contribution in [0.3, 0.4) is 0 Å². The zero-order valence-electron chi connectivity index (χ0n) is 10.1. The fourth-order valence-electron chi connectivity index (χ4n) is 1.77.